The molecule has 1 amide bonds. The molecule has 0 bridgehead atoms. The number of nitrogens with zero attached hydrogens (tertiary/aromatic N) is 1. The fourth-order valence-electron chi connectivity index (χ4n) is 2.83. The first-order valence-corrected chi connectivity index (χ1v) is 13.7. The largest absolute Gasteiger partial charge is 0.356 e. The Morgan fingerprint density at radius 2 is 1.52 bits per heavy atom. The Kier molecular flexibility index (Phi) is 20.4. The van der Waals surface area contributed by atoms with Crippen LogP contribution in [-0.2, 0) is 30.2 Å². The lowest BCUT2D eigenvalue weighted by Crippen LogP contribution is -2.24. The van der Waals surface area contributed by atoms with Crippen molar-refractivity contribution in [3.63, 3.8) is 0 Å². The van der Waals surface area contributed by atoms with Gasteiger partial charge in [-0.15, -0.1) is 0 Å². The summed E-state index contributed by atoms with van der Waals surface area (Å²) in [6.45, 7) is 7.93. The summed E-state index contributed by atoms with van der Waals surface area (Å²) in [6, 6.07) is 0. The van der Waals surface area contributed by atoms with Crippen LogP contribution in [0.5, 0.6) is 0 Å². The van der Waals surface area contributed by atoms with Crippen molar-refractivity contribution in [3.05, 3.63) is 11.4 Å². The van der Waals surface area contributed by atoms with E-state index in [2.05, 4.69) is 17.1 Å². The highest BCUT2D eigenvalue weighted by Gasteiger charge is 2.18. The minimum absolute atomic E-state index is 0.160. The normalized spacial score (nSPS) is 13.0. The molecule has 0 fully saturated rings. The standard InChI is InChI=1S/C21H41N2O4PS/c1-4-5-6-7-8-9-10-11-13-16-21(24)23-17-14-12-15-19-26-28(29,25-3)27-20-18-22-2/h4-20H2,1,3H3,(H,23,24). The molecule has 6 nitrogen and oxygen atoms in total. The number of hydrogen-bond acceptors (Lipinski definition) is 5. The molecular weight excluding hydrogens is 407 g/mol. The Morgan fingerprint density at radius 3 is 2.14 bits per heavy atom. The Labute approximate surface area is 183 Å². The van der Waals surface area contributed by atoms with Gasteiger partial charge in [-0.2, -0.15) is 0 Å². The molecule has 0 heterocycles. The number of amides is 1. The van der Waals surface area contributed by atoms with Gasteiger partial charge < -0.3 is 23.7 Å². The second-order valence-corrected chi connectivity index (χ2v) is 10.3. The van der Waals surface area contributed by atoms with Crippen LogP contribution in [0, 0.1) is 6.57 Å². The molecule has 1 N–H and O–H groups in total. The molecule has 0 aromatic carbocycles. The van der Waals surface area contributed by atoms with Gasteiger partial charge in [-0.05, 0) is 37.5 Å². The van der Waals surface area contributed by atoms with Gasteiger partial charge in [0.15, 0.2) is 0 Å². The summed E-state index contributed by atoms with van der Waals surface area (Å²) in [5.74, 6) is 0.160. The van der Waals surface area contributed by atoms with Crippen molar-refractivity contribution in [3.8, 4) is 0 Å². The molecule has 29 heavy (non-hydrogen) atoms. The van der Waals surface area contributed by atoms with E-state index in [0.29, 0.717) is 19.6 Å². The molecule has 0 aromatic rings. The fourth-order valence-corrected chi connectivity index (χ4v) is 4.22. The van der Waals surface area contributed by atoms with Gasteiger partial charge in [0.1, 0.15) is 6.61 Å². The van der Waals surface area contributed by atoms with E-state index in [-0.39, 0.29) is 19.1 Å². The maximum absolute atomic E-state index is 11.8. The van der Waals surface area contributed by atoms with Crippen LogP contribution in [-0.4, -0.2) is 39.3 Å². The topological polar surface area (TPSA) is 61.1 Å². The molecule has 170 valence electrons. The van der Waals surface area contributed by atoms with Gasteiger partial charge >= 0.3 is 6.72 Å². The monoisotopic (exact) mass is 448 g/mol. The zero-order valence-electron chi connectivity index (χ0n) is 18.5. The number of nitrogens with one attached hydrogen (secondary N) is 1. The van der Waals surface area contributed by atoms with Crippen molar-refractivity contribution < 1.29 is 18.4 Å². The zero-order valence-corrected chi connectivity index (χ0v) is 20.2. The maximum atomic E-state index is 11.8. The number of hydrogen-bond donors (Lipinski definition) is 1. The lowest BCUT2D eigenvalue weighted by molar-refractivity contribution is -0.121. The third-order valence-corrected chi connectivity index (χ3v) is 7.10. The van der Waals surface area contributed by atoms with E-state index in [4.69, 9.17) is 32.0 Å². The van der Waals surface area contributed by atoms with Gasteiger partial charge in [0.2, 0.25) is 12.5 Å². The average Bonchev–Trinajstić information content (AvgIpc) is 2.72. The Morgan fingerprint density at radius 1 is 0.931 bits per heavy atom. The summed E-state index contributed by atoms with van der Waals surface area (Å²) in [7, 11) is 1.47. The van der Waals surface area contributed by atoms with Gasteiger partial charge in [-0.3, -0.25) is 4.79 Å². The zero-order chi connectivity index (χ0) is 21.6. The van der Waals surface area contributed by atoms with Gasteiger partial charge in [0.05, 0.1) is 6.61 Å². The lowest BCUT2D eigenvalue weighted by atomic mass is 10.1. The van der Waals surface area contributed by atoms with Gasteiger partial charge in [0, 0.05) is 20.1 Å². The Bertz CT molecular complexity index is 486. The molecule has 0 rings (SSSR count). The predicted molar refractivity (Wildman–Crippen MR) is 123 cm³/mol. The molecule has 0 radical (unpaired) electrons. The van der Waals surface area contributed by atoms with Crippen LogP contribution in [0.25, 0.3) is 4.85 Å². The summed E-state index contributed by atoms with van der Waals surface area (Å²) < 4.78 is 16.1. The highest BCUT2D eigenvalue weighted by Crippen LogP contribution is 2.48. The second kappa shape index (κ2) is 20.8. The van der Waals surface area contributed by atoms with E-state index < -0.39 is 6.72 Å². The van der Waals surface area contributed by atoms with E-state index >= 15 is 0 Å². The molecule has 0 aromatic heterocycles. The van der Waals surface area contributed by atoms with Crippen molar-refractivity contribution in [2.45, 2.75) is 90.4 Å². The third kappa shape index (κ3) is 19.2. The SMILES string of the molecule is [C-]#[N+]CCOP(=S)(OC)OCCCCCNC(=O)CCCCCCCCCCC. The minimum atomic E-state index is -2.71. The summed E-state index contributed by atoms with van der Waals surface area (Å²) in [6.07, 6.45) is 14.7. The molecule has 0 aliphatic rings. The molecule has 0 aliphatic carbocycles. The number of carbonyl (C=O) groups is 1. The van der Waals surface area contributed by atoms with Crippen molar-refractivity contribution in [2.24, 2.45) is 0 Å². The lowest BCUT2D eigenvalue weighted by Gasteiger charge is -2.18. The van der Waals surface area contributed by atoms with E-state index in [9.17, 15) is 4.79 Å². The van der Waals surface area contributed by atoms with E-state index in [1.807, 2.05) is 0 Å². The van der Waals surface area contributed by atoms with E-state index in [0.717, 1.165) is 32.1 Å². The smallest absolute Gasteiger partial charge is 0.327 e. The molecule has 0 aliphatic heterocycles. The van der Waals surface area contributed by atoms with Gasteiger partial charge in [0.25, 0.3) is 0 Å². The predicted octanol–water partition coefficient (Wildman–Crippen LogP) is 6.02. The van der Waals surface area contributed by atoms with Gasteiger partial charge in [-0.25, -0.2) is 6.57 Å². The first-order valence-electron chi connectivity index (χ1n) is 11.1. The number of unbranched alkanes of at least 4 members (excludes halogenated alkanes) is 10. The minimum Gasteiger partial charge on any atom is -0.356 e. The molecule has 0 spiro atoms. The van der Waals surface area contributed by atoms with E-state index in [1.54, 1.807) is 0 Å². The summed E-state index contributed by atoms with van der Waals surface area (Å²) in [4.78, 5) is 15.0. The van der Waals surface area contributed by atoms with Crippen LogP contribution < -0.4 is 5.32 Å². The van der Waals surface area contributed by atoms with Crippen LogP contribution >= 0.6 is 6.72 Å². The molecule has 0 saturated carbocycles. The van der Waals surface area contributed by atoms with Crippen LogP contribution in [0.1, 0.15) is 90.4 Å². The quantitative estimate of drug-likeness (QED) is 0.132. The van der Waals surface area contributed by atoms with Crippen LogP contribution in [0.3, 0.4) is 0 Å². The molecule has 1 atom stereocenters. The maximum Gasteiger partial charge on any atom is 0.327 e. The molecule has 1 unspecified atom stereocenters. The molecule has 8 heteroatoms. The van der Waals surface area contributed by atoms with Crippen molar-refractivity contribution in [2.75, 3.05) is 33.4 Å². The van der Waals surface area contributed by atoms with Crippen molar-refractivity contribution in [1.82, 2.24) is 5.32 Å². The van der Waals surface area contributed by atoms with Gasteiger partial charge in [-0.1, -0.05) is 58.3 Å². The molecular formula is C21H41N2O4PS. The van der Waals surface area contributed by atoms with Crippen LogP contribution in [0.4, 0.5) is 0 Å². The first-order chi connectivity index (χ1) is 14.1. The summed E-state index contributed by atoms with van der Waals surface area (Å²) in [5, 5.41) is 2.99. The Balaban J connectivity index is 3.47. The van der Waals surface area contributed by atoms with Crippen LogP contribution in [0.15, 0.2) is 0 Å². The second-order valence-electron chi connectivity index (χ2n) is 7.17. The van der Waals surface area contributed by atoms with Crippen molar-refractivity contribution in [1.29, 1.82) is 0 Å². The summed E-state index contributed by atoms with van der Waals surface area (Å²) >= 11 is 5.23. The Hall–Kier alpha value is -0.510. The summed E-state index contributed by atoms with van der Waals surface area (Å²) in [5.41, 5.74) is 0. The highest BCUT2D eigenvalue weighted by atomic mass is 32.5. The number of rotatable bonds is 21. The average molecular weight is 449 g/mol. The van der Waals surface area contributed by atoms with Crippen molar-refractivity contribution >= 4 is 24.4 Å². The third-order valence-electron chi connectivity index (χ3n) is 4.58. The first kappa shape index (κ1) is 28.5. The fraction of sp³-hybridized carbons (Fsp3) is 0.905. The molecule has 0 saturated heterocycles. The van der Waals surface area contributed by atoms with Crippen LogP contribution in [0.2, 0.25) is 0 Å². The number of carbonyl (C=O) groups excluding carboxylic acids is 1. The van der Waals surface area contributed by atoms with E-state index in [1.165, 1.54) is 52.1 Å². The highest BCUT2D eigenvalue weighted by molar-refractivity contribution is 8.07.